The van der Waals surface area contributed by atoms with Crippen molar-refractivity contribution in [2.24, 2.45) is 0 Å². The number of carbonyl (C=O) groups excluding carboxylic acids is 2. The molecule has 28 heavy (non-hydrogen) atoms. The maximum absolute atomic E-state index is 12.6. The van der Waals surface area contributed by atoms with Crippen LogP contribution in [0.25, 0.3) is 11.1 Å². The number of aromatic nitrogens is 1. The minimum absolute atomic E-state index is 0.0226. The Morgan fingerprint density at radius 3 is 2.79 bits per heavy atom. The molecule has 0 fully saturated rings. The lowest BCUT2D eigenvalue weighted by Gasteiger charge is -2.13. The number of fused-ring (bicyclic) bond motifs is 2. The first-order valence-corrected chi connectivity index (χ1v) is 9.47. The third-order valence-electron chi connectivity index (χ3n) is 5.17. The van der Waals surface area contributed by atoms with E-state index in [0.29, 0.717) is 16.7 Å². The van der Waals surface area contributed by atoms with Gasteiger partial charge in [0.25, 0.3) is 0 Å². The van der Waals surface area contributed by atoms with Crippen molar-refractivity contribution in [3.05, 3.63) is 69.7 Å². The molecule has 0 unspecified atom stereocenters. The molecule has 0 bridgehead atoms. The van der Waals surface area contributed by atoms with Crippen LogP contribution in [0.4, 0.5) is 0 Å². The summed E-state index contributed by atoms with van der Waals surface area (Å²) >= 11 is 0. The lowest BCUT2D eigenvalue weighted by Crippen LogP contribution is -2.26. The highest BCUT2D eigenvalue weighted by Crippen LogP contribution is 2.23. The Balaban J connectivity index is 1.38. The van der Waals surface area contributed by atoms with Crippen LogP contribution in [0, 0.1) is 0 Å². The number of rotatable bonds is 6. The van der Waals surface area contributed by atoms with Crippen molar-refractivity contribution in [3.63, 3.8) is 0 Å². The zero-order chi connectivity index (χ0) is 19.7. The first-order valence-electron chi connectivity index (χ1n) is 9.47. The Hall–Kier alpha value is -3.15. The number of hydrogen-bond acceptors (Lipinski definition) is 5. The summed E-state index contributed by atoms with van der Waals surface area (Å²) in [7, 11) is 0. The molecule has 1 aliphatic carbocycles. The molecule has 0 aliphatic heterocycles. The van der Waals surface area contributed by atoms with E-state index in [2.05, 4.69) is 0 Å². The fourth-order valence-electron chi connectivity index (χ4n) is 3.70. The van der Waals surface area contributed by atoms with Crippen molar-refractivity contribution in [1.29, 1.82) is 0 Å². The highest BCUT2D eigenvalue weighted by atomic mass is 16.5. The first kappa shape index (κ1) is 18.2. The number of nitrogens with zero attached hydrogens (tertiary/aromatic N) is 1. The number of aryl methyl sites for hydroxylation is 3. The first-order chi connectivity index (χ1) is 13.5. The van der Waals surface area contributed by atoms with Crippen LogP contribution < -0.4 is 5.76 Å². The lowest BCUT2D eigenvalue weighted by molar-refractivity contribution is -0.146. The van der Waals surface area contributed by atoms with E-state index < -0.39 is 17.8 Å². The van der Waals surface area contributed by atoms with Crippen LogP contribution in [0.15, 0.2) is 51.7 Å². The van der Waals surface area contributed by atoms with Crippen molar-refractivity contribution < 1.29 is 18.7 Å². The summed E-state index contributed by atoms with van der Waals surface area (Å²) in [5.41, 5.74) is 4.16. The summed E-state index contributed by atoms with van der Waals surface area (Å²) in [5.74, 6) is -1.26. The number of para-hydroxylation sites is 2. The van der Waals surface area contributed by atoms with Gasteiger partial charge in [0, 0.05) is 12.1 Å². The molecule has 0 radical (unpaired) electrons. The summed E-state index contributed by atoms with van der Waals surface area (Å²) in [6.07, 6.45) is 2.25. The highest BCUT2D eigenvalue weighted by molar-refractivity contribution is 6.00. The monoisotopic (exact) mass is 379 g/mol. The summed E-state index contributed by atoms with van der Waals surface area (Å²) in [6.45, 7) is 1.71. The van der Waals surface area contributed by atoms with Crippen molar-refractivity contribution in [2.45, 2.75) is 45.3 Å². The molecule has 0 amide bonds. The van der Waals surface area contributed by atoms with Crippen molar-refractivity contribution in [2.75, 3.05) is 0 Å². The number of ether oxygens (including phenoxy) is 1. The highest BCUT2D eigenvalue weighted by Gasteiger charge is 2.22. The van der Waals surface area contributed by atoms with E-state index >= 15 is 0 Å². The van der Waals surface area contributed by atoms with Crippen LogP contribution in [0.3, 0.4) is 0 Å². The molecule has 144 valence electrons. The molecule has 1 aliphatic rings. The molecule has 0 spiro atoms. The third kappa shape index (κ3) is 3.50. The van der Waals surface area contributed by atoms with E-state index in [9.17, 15) is 14.4 Å². The van der Waals surface area contributed by atoms with Crippen LogP contribution in [0.2, 0.25) is 0 Å². The maximum atomic E-state index is 12.6. The summed E-state index contributed by atoms with van der Waals surface area (Å²) < 4.78 is 11.8. The summed E-state index contributed by atoms with van der Waals surface area (Å²) in [4.78, 5) is 36.7. The van der Waals surface area contributed by atoms with E-state index in [1.807, 2.05) is 12.1 Å². The largest absolute Gasteiger partial charge is 0.454 e. The van der Waals surface area contributed by atoms with Gasteiger partial charge in [-0.2, -0.15) is 0 Å². The van der Waals surface area contributed by atoms with Gasteiger partial charge in [0.05, 0.1) is 11.9 Å². The minimum Gasteiger partial charge on any atom is -0.454 e. The molecule has 0 saturated carbocycles. The average molecular weight is 379 g/mol. The Kier molecular flexibility index (Phi) is 4.86. The molecule has 6 nitrogen and oxygen atoms in total. The number of esters is 1. The van der Waals surface area contributed by atoms with Gasteiger partial charge in [-0.1, -0.05) is 24.3 Å². The van der Waals surface area contributed by atoms with Crippen LogP contribution >= 0.6 is 0 Å². The zero-order valence-electron chi connectivity index (χ0n) is 15.6. The van der Waals surface area contributed by atoms with Crippen LogP contribution in [0.5, 0.6) is 0 Å². The van der Waals surface area contributed by atoms with Gasteiger partial charge in [-0.15, -0.1) is 0 Å². The lowest BCUT2D eigenvalue weighted by atomic mass is 10.0. The molecule has 0 saturated heterocycles. The van der Waals surface area contributed by atoms with Gasteiger partial charge in [-0.3, -0.25) is 14.2 Å². The maximum Gasteiger partial charge on any atom is 0.419 e. The van der Waals surface area contributed by atoms with Gasteiger partial charge in [-0.05, 0) is 55.5 Å². The van der Waals surface area contributed by atoms with Crippen molar-refractivity contribution in [1.82, 2.24) is 4.57 Å². The topological polar surface area (TPSA) is 78.5 Å². The molecular weight excluding hydrogens is 358 g/mol. The quantitative estimate of drug-likeness (QED) is 0.485. The molecule has 1 aromatic heterocycles. The number of hydrogen-bond donors (Lipinski definition) is 0. The summed E-state index contributed by atoms with van der Waals surface area (Å²) in [5, 5.41) is 0. The number of oxazole rings is 1. The molecule has 1 atom stereocenters. The second-order valence-electron chi connectivity index (χ2n) is 7.07. The number of benzene rings is 2. The normalized spacial score (nSPS) is 14.0. The van der Waals surface area contributed by atoms with E-state index in [-0.39, 0.29) is 18.7 Å². The van der Waals surface area contributed by atoms with E-state index in [1.54, 1.807) is 37.3 Å². The van der Waals surface area contributed by atoms with Gasteiger partial charge in [0.15, 0.2) is 11.7 Å². The third-order valence-corrected chi connectivity index (χ3v) is 5.17. The Morgan fingerprint density at radius 1 is 1.14 bits per heavy atom. The zero-order valence-corrected chi connectivity index (χ0v) is 15.6. The molecule has 3 aromatic rings. The fourth-order valence-corrected chi connectivity index (χ4v) is 3.70. The predicted octanol–water partition coefficient (Wildman–Crippen LogP) is 3.29. The molecule has 4 rings (SSSR count). The number of Topliss-reactive ketones (excluding diaryl/α,β-unsaturated/α-hetero) is 1. The van der Waals surface area contributed by atoms with Gasteiger partial charge >= 0.3 is 11.7 Å². The SMILES string of the molecule is C[C@H](OC(=O)CCn1c(=O)oc2ccccc21)C(=O)c1ccc2c(c1)CCC2. The predicted molar refractivity (Wildman–Crippen MR) is 103 cm³/mol. The smallest absolute Gasteiger partial charge is 0.419 e. The standard InChI is InChI=1S/C22H21NO5/c1-14(21(25)17-10-9-15-5-4-6-16(15)13-17)27-20(24)11-12-23-18-7-2-3-8-19(18)28-22(23)26/h2-3,7-10,13-14H,4-6,11-12H2,1H3/t14-/m0/s1. The van der Waals surface area contributed by atoms with Gasteiger partial charge in [-0.25, -0.2) is 4.79 Å². The van der Waals surface area contributed by atoms with E-state index in [0.717, 1.165) is 19.3 Å². The van der Waals surface area contributed by atoms with Gasteiger partial charge in [0.1, 0.15) is 0 Å². The number of ketones is 1. The minimum atomic E-state index is -0.871. The molecule has 2 aromatic carbocycles. The van der Waals surface area contributed by atoms with Crippen molar-refractivity contribution in [3.8, 4) is 0 Å². The van der Waals surface area contributed by atoms with E-state index in [1.165, 1.54) is 15.7 Å². The second kappa shape index (κ2) is 7.46. The molecule has 6 heteroatoms. The number of carbonyl (C=O) groups is 2. The second-order valence-corrected chi connectivity index (χ2v) is 7.07. The van der Waals surface area contributed by atoms with Gasteiger partial charge in [0.2, 0.25) is 5.78 Å². The molecular formula is C22H21NO5. The molecule has 0 N–H and O–H groups in total. The summed E-state index contributed by atoms with van der Waals surface area (Å²) in [6, 6.07) is 12.7. The Labute approximate surface area is 161 Å². The Bertz CT molecular complexity index is 1110. The van der Waals surface area contributed by atoms with Crippen LogP contribution in [0.1, 0.15) is 41.3 Å². The molecule has 1 heterocycles. The van der Waals surface area contributed by atoms with Crippen LogP contribution in [-0.4, -0.2) is 22.4 Å². The van der Waals surface area contributed by atoms with Crippen LogP contribution in [-0.2, 0) is 28.9 Å². The fraction of sp³-hybridized carbons (Fsp3) is 0.318. The van der Waals surface area contributed by atoms with E-state index in [4.69, 9.17) is 9.15 Å². The van der Waals surface area contributed by atoms with Gasteiger partial charge < -0.3 is 9.15 Å². The van der Waals surface area contributed by atoms with Crippen molar-refractivity contribution >= 4 is 22.9 Å². The average Bonchev–Trinajstić information content (AvgIpc) is 3.28. The Morgan fingerprint density at radius 2 is 1.93 bits per heavy atom.